The summed E-state index contributed by atoms with van der Waals surface area (Å²) < 4.78 is 0. The van der Waals surface area contributed by atoms with Crippen LogP contribution < -0.4 is 5.32 Å². The zero-order valence-corrected chi connectivity index (χ0v) is 10.9. The smallest absolute Gasteiger partial charge is 0.0192 e. The molecule has 1 unspecified atom stereocenters. The van der Waals surface area contributed by atoms with Crippen LogP contribution in [0.15, 0.2) is 0 Å². The summed E-state index contributed by atoms with van der Waals surface area (Å²) >= 11 is 0. The van der Waals surface area contributed by atoms with Gasteiger partial charge in [-0.25, -0.2) is 0 Å². The van der Waals surface area contributed by atoms with Gasteiger partial charge >= 0.3 is 0 Å². The summed E-state index contributed by atoms with van der Waals surface area (Å²) in [6, 6.07) is 0.689. The van der Waals surface area contributed by atoms with Gasteiger partial charge in [-0.3, -0.25) is 4.90 Å². The fourth-order valence-electron chi connectivity index (χ4n) is 1.96. The molecule has 1 N–H and O–H groups in total. The molecule has 2 heteroatoms. The first-order valence-electron chi connectivity index (χ1n) is 6.58. The van der Waals surface area contributed by atoms with Crippen molar-refractivity contribution in [1.29, 1.82) is 0 Å². The van der Waals surface area contributed by atoms with Gasteiger partial charge in [-0.05, 0) is 44.7 Å². The Hall–Kier alpha value is -0.0800. The number of rotatable bonds is 8. The normalized spacial score (nSPS) is 18.8. The number of nitrogens with one attached hydrogen (secondary N) is 1. The van der Waals surface area contributed by atoms with Gasteiger partial charge < -0.3 is 5.32 Å². The summed E-state index contributed by atoms with van der Waals surface area (Å²) in [6.45, 7) is 13.9. The van der Waals surface area contributed by atoms with Crippen LogP contribution in [0.1, 0.15) is 40.5 Å². The molecular formula is C13H28N2. The van der Waals surface area contributed by atoms with Crippen molar-refractivity contribution >= 4 is 0 Å². The molecule has 15 heavy (non-hydrogen) atoms. The molecule has 90 valence electrons. The minimum atomic E-state index is 0.689. The minimum Gasteiger partial charge on any atom is -0.315 e. The van der Waals surface area contributed by atoms with Crippen LogP contribution >= 0.6 is 0 Å². The Bertz CT molecular complexity index is 164. The van der Waals surface area contributed by atoms with Crippen LogP contribution in [0.3, 0.4) is 0 Å². The van der Waals surface area contributed by atoms with Crippen LogP contribution in [0.4, 0.5) is 0 Å². The second-order valence-electron chi connectivity index (χ2n) is 5.43. The molecule has 0 heterocycles. The Kier molecular flexibility index (Phi) is 5.62. The van der Waals surface area contributed by atoms with Crippen molar-refractivity contribution in [2.75, 3.05) is 26.2 Å². The molecule has 1 saturated carbocycles. The van der Waals surface area contributed by atoms with Crippen molar-refractivity contribution in [2.45, 2.75) is 46.6 Å². The third kappa shape index (κ3) is 5.53. The maximum absolute atomic E-state index is 3.55. The lowest BCUT2D eigenvalue weighted by atomic mass is 10.2. The molecule has 0 aromatic heterocycles. The first kappa shape index (κ1) is 13.0. The molecule has 0 aliphatic heterocycles. The Morgan fingerprint density at radius 3 is 2.33 bits per heavy atom. The molecule has 0 aromatic carbocycles. The molecule has 0 aromatic rings. The van der Waals surface area contributed by atoms with Gasteiger partial charge in [-0.1, -0.05) is 20.8 Å². The largest absolute Gasteiger partial charge is 0.315 e. The highest BCUT2D eigenvalue weighted by Crippen LogP contribution is 2.30. The van der Waals surface area contributed by atoms with Gasteiger partial charge in [0.25, 0.3) is 0 Å². The highest BCUT2D eigenvalue weighted by Gasteiger charge is 2.25. The zero-order chi connectivity index (χ0) is 11.3. The summed E-state index contributed by atoms with van der Waals surface area (Å²) in [5.41, 5.74) is 0. The average Bonchev–Trinajstić information content (AvgIpc) is 2.96. The molecule has 1 rings (SSSR count). The molecular weight excluding hydrogens is 184 g/mol. The third-order valence-electron chi connectivity index (χ3n) is 3.21. The van der Waals surface area contributed by atoms with Crippen molar-refractivity contribution < 1.29 is 0 Å². The van der Waals surface area contributed by atoms with Crippen molar-refractivity contribution in [3.8, 4) is 0 Å². The van der Waals surface area contributed by atoms with Gasteiger partial charge in [0.15, 0.2) is 0 Å². The van der Waals surface area contributed by atoms with E-state index in [0.29, 0.717) is 6.04 Å². The Balaban J connectivity index is 2.13. The highest BCUT2D eigenvalue weighted by molar-refractivity contribution is 4.80. The van der Waals surface area contributed by atoms with E-state index >= 15 is 0 Å². The predicted octanol–water partition coefficient (Wildman–Crippen LogP) is 2.35. The lowest BCUT2D eigenvalue weighted by molar-refractivity contribution is 0.205. The Morgan fingerprint density at radius 1 is 1.20 bits per heavy atom. The van der Waals surface area contributed by atoms with E-state index in [1.54, 1.807) is 0 Å². The second kappa shape index (κ2) is 6.49. The predicted molar refractivity (Wildman–Crippen MR) is 67.1 cm³/mol. The summed E-state index contributed by atoms with van der Waals surface area (Å²) in [5, 5.41) is 3.55. The zero-order valence-electron chi connectivity index (χ0n) is 10.9. The number of nitrogens with zero attached hydrogens (tertiary/aromatic N) is 1. The number of hydrogen-bond donors (Lipinski definition) is 1. The molecule has 1 aliphatic carbocycles. The van der Waals surface area contributed by atoms with E-state index in [1.165, 1.54) is 25.9 Å². The Labute approximate surface area is 95.4 Å². The van der Waals surface area contributed by atoms with Crippen LogP contribution in [0, 0.1) is 11.8 Å². The maximum Gasteiger partial charge on any atom is 0.0192 e. The van der Waals surface area contributed by atoms with Gasteiger partial charge in [-0.2, -0.15) is 0 Å². The number of likely N-dealkylation sites (N-methyl/N-ethyl adjacent to an activating group) is 1. The van der Waals surface area contributed by atoms with Gasteiger partial charge in [-0.15, -0.1) is 0 Å². The fraction of sp³-hybridized carbons (Fsp3) is 1.00. The van der Waals surface area contributed by atoms with Gasteiger partial charge in [0.05, 0.1) is 0 Å². The Morgan fingerprint density at radius 2 is 1.87 bits per heavy atom. The average molecular weight is 212 g/mol. The SMILES string of the molecule is CCN(CC1CC1)C(C)CNCC(C)C. The molecule has 1 fully saturated rings. The minimum absolute atomic E-state index is 0.689. The van der Waals surface area contributed by atoms with Crippen LogP contribution in [0.25, 0.3) is 0 Å². The van der Waals surface area contributed by atoms with E-state index < -0.39 is 0 Å². The van der Waals surface area contributed by atoms with E-state index in [9.17, 15) is 0 Å². The molecule has 1 aliphatic rings. The first-order chi connectivity index (χ1) is 7.13. The molecule has 0 radical (unpaired) electrons. The third-order valence-corrected chi connectivity index (χ3v) is 3.21. The topological polar surface area (TPSA) is 15.3 Å². The summed E-state index contributed by atoms with van der Waals surface area (Å²) in [7, 11) is 0. The first-order valence-corrected chi connectivity index (χ1v) is 6.58. The molecule has 0 bridgehead atoms. The van der Waals surface area contributed by atoms with Crippen molar-refractivity contribution in [3.63, 3.8) is 0 Å². The summed E-state index contributed by atoms with van der Waals surface area (Å²) in [6.07, 6.45) is 2.92. The number of hydrogen-bond acceptors (Lipinski definition) is 2. The lowest BCUT2D eigenvalue weighted by Crippen LogP contribution is -2.42. The highest BCUT2D eigenvalue weighted by atomic mass is 15.2. The molecule has 0 amide bonds. The molecule has 0 spiro atoms. The maximum atomic E-state index is 3.55. The van der Waals surface area contributed by atoms with E-state index in [0.717, 1.165) is 24.9 Å². The van der Waals surface area contributed by atoms with Gasteiger partial charge in [0.1, 0.15) is 0 Å². The van der Waals surface area contributed by atoms with E-state index in [4.69, 9.17) is 0 Å². The summed E-state index contributed by atoms with van der Waals surface area (Å²) in [4.78, 5) is 2.62. The van der Waals surface area contributed by atoms with E-state index in [-0.39, 0.29) is 0 Å². The van der Waals surface area contributed by atoms with Crippen molar-refractivity contribution in [3.05, 3.63) is 0 Å². The molecule has 2 nitrogen and oxygen atoms in total. The standard InChI is InChI=1S/C13H28N2/c1-5-15(10-13-6-7-13)12(4)9-14-8-11(2)3/h11-14H,5-10H2,1-4H3. The monoisotopic (exact) mass is 212 g/mol. The molecule has 0 saturated heterocycles. The lowest BCUT2D eigenvalue weighted by Gasteiger charge is -2.28. The van der Waals surface area contributed by atoms with Crippen LogP contribution in [-0.4, -0.2) is 37.1 Å². The second-order valence-corrected chi connectivity index (χ2v) is 5.43. The van der Waals surface area contributed by atoms with Gasteiger partial charge in [0.2, 0.25) is 0 Å². The van der Waals surface area contributed by atoms with Crippen LogP contribution in [0.5, 0.6) is 0 Å². The van der Waals surface area contributed by atoms with E-state index in [1.807, 2.05) is 0 Å². The van der Waals surface area contributed by atoms with Gasteiger partial charge in [0, 0.05) is 19.1 Å². The fourth-order valence-corrected chi connectivity index (χ4v) is 1.96. The van der Waals surface area contributed by atoms with Crippen LogP contribution in [-0.2, 0) is 0 Å². The van der Waals surface area contributed by atoms with Crippen LogP contribution in [0.2, 0.25) is 0 Å². The quantitative estimate of drug-likeness (QED) is 0.664. The van der Waals surface area contributed by atoms with Crippen molar-refractivity contribution in [2.24, 2.45) is 11.8 Å². The molecule has 1 atom stereocenters. The van der Waals surface area contributed by atoms with E-state index in [2.05, 4.69) is 37.9 Å². The summed E-state index contributed by atoms with van der Waals surface area (Å²) in [5.74, 6) is 1.77. The van der Waals surface area contributed by atoms with Crippen molar-refractivity contribution in [1.82, 2.24) is 10.2 Å².